The van der Waals surface area contributed by atoms with Crippen LogP contribution in [-0.4, -0.2) is 18.4 Å². The minimum absolute atomic E-state index is 0.127. The van der Waals surface area contributed by atoms with Crippen LogP contribution in [0.2, 0.25) is 0 Å². The van der Waals surface area contributed by atoms with Gasteiger partial charge in [0.1, 0.15) is 5.75 Å². The molecule has 0 aliphatic heterocycles. The topological polar surface area (TPSA) is 35.5 Å². The smallest absolute Gasteiger partial charge is 0.421 e. The molecule has 3 nitrogen and oxygen atoms in total. The summed E-state index contributed by atoms with van der Waals surface area (Å²) in [5, 5.41) is 0. The van der Waals surface area contributed by atoms with Crippen LogP contribution in [0.1, 0.15) is 6.92 Å². The first-order valence-corrected chi connectivity index (χ1v) is 4.40. The Bertz CT molecular complexity index is 348. The number of benzene rings is 1. The van der Waals surface area contributed by atoms with E-state index in [1.165, 1.54) is 12.1 Å². The molecule has 0 fully saturated rings. The van der Waals surface area contributed by atoms with Gasteiger partial charge in [0.15, 0.2) is 6.10 Å². The third-order valence-electron chi connectivity index (χ3n) is 1.68. The summed E-state index contributed by atoms with van der Waals surface area (Å²) in [6, 6.07) is 7.70. The lowest BCUT2D eigenvalue weighted by Crippen LogP contribution is -2.31. The molecule has 6 heteroatoms. The normalized spacial score (nSPS) is 13.0. The van der Waals surface area contributed by atoms with E-state index >= 15 is 0 Å². The molecule has 0 saturated carbocycles. The van der Waals surface area contributed by atoms with Gasteiger partial charge in [0.05, 0.1) is 0 Å². The van der Waals surface area contributed by atoms with Gasteiger partial charge >= 0.3 is 12.3 Å². The van der Waals surface area contributed by atoms with Crippen molar-refractivity contribution in [2.75, 3.05) is 0 Å². The van der Waals surface area contributed by atoms with Crippen LogP contribution < -0.4 is 4.74 Å². The highest BCUT2D eigenvalue weighted by atomic mass is 19.4. The fourth-order valence-corrected chi connectivity index (χ4v) is 0.820. The van der Waals surface area contributed by atoms with Crippen LogP contribution in [-0.2, 0) is 4.74 Å². The Morgan fingerprint density at radius 2 is 1.81 bits per heavy atom. The largest absolute Gasteiger partial charge is 0.514 e. The maximum Gasteiger partial charge on any atom is 0.514 e. The maximum absolute atomic E-state index is 12.0. The Kier molecular flexibility index (Phi) is 3.76. The van der Waals surface area contributed by atoms with Crippen molar-refractivity contribution in [3.8, 4) is 5.75 Å². The fourth-order valence-electron chi connectivity index (χ4n) is 0.820. The van der Waals surface area contributed by atoms with Crippen molar-refractivity contribution in [3.05, 3.63) is 30.3 Å². The second kappa shape index (κ2) is 4.87. The van der Waals surface area contributed by atoms with Crippen molar-refractivity contribution in [2.24, 2.45) is 0 Å². The molecule has 1 aromatic carbocycles. The van der Waals surface area contributed by atoms with E-state index < -0.39 is 18.4 Å². The molecular weight excluding hydrogens is 225 g/mol. The lowest BCUT2D eigenvalue weighted by atomic mass is 10.3. The van der Waals surface area contributed by atoms with E-state index in [1.807, 2.05) is 0 Å². The number of alkyl halides is 3. The van der Waals surface area contributed by atoms with Crippen molar-refractivity contribution < 1.29 is 27.4 Å². The first-order valence-electron chi connectivity index (χ1n) is 4.40. The standard InChI is InChI=1S/C10H9F3O3/c1-7(10(11,12)13)15-9(14)16-8-5-3-2-4-6-8/h2-7H,1H3/t7-/m0/s1. The van der Waals surface area contributed by atoms with E-state index in [0.717, 1.165) is 6.92 Å². The minimum Gasteiger partial charge on any atom is -0.421 e. The first kappa shape index (κ1) is 12.4. The molecule has 0 aliphatic rings. The van der Waals surface area contributed by atoms with Gasteiger partial charge in [-0.1, -0.05) is 18.2 Å². The number of carbonyl (C=O) groups is 1. The Morgan fingerprint density at radius 3 is 2.31 bits per heavy atom. The zero-order chi connectivity index (χ0) is 12.2. The molecule has 0 bridgehead atoms. The average molecular weight is 234 g/mol. The van der Waals surface area contributed by atoms with E-state index in [2.05, 4.69) is 9.47 Å². The molecule has 1 rings (SSSR count). The fraction of sp³-hybridized carbons (Fsp3) is 0.300. The molecule has 1 aromatic rings. The summed E-state index contributed by atoms with van der Waals surface area (Å²) in [6.07, 6.45) is -8.16. The van der Waals surface area contributed by atoms with Crippen molar-refractivity contribution in [3.63, 3.8) is 0 Å². The van der Waals surface area contributed by atoms with Gasteiger partial charge in [-0.05, 0) is 19.1 Å². The molecule has 0 unspecified atom stereocenters. The second-order valence-corrected chi connectivity index (χ2v) is 2.97. The quantitative estimate of drug-likeness (QED) is 0.582. The number of para-hydroxylation sites is 1. The monoisotopic (exact) mass is 234 g/mol. The Balaban J connectivity index is 2.49. The Hall–Kier alpha value is -1.72. The summed E-state index contributed by atoms with van der Waals surface area (Å²) in [7, 11) is 0. The van der Waals surface area contributed by atoms with Crippen LogP contribution in [0.4, 0.5) is 18.0 Å². The molecule has 0 aliphatic carbocycles. The summed E-state index contributed by atoms with van der Waals surface area (Å²) in [5.74, 6) is 0.127. The predicted molar refractivity (Wildman–Crippen MR) is 49.1 cm³/mol. The number of carbonyl (C=O) groups excluding carboxylic acids is 1. The van der Waals surface area contributed by atoms with Crippen molar-refractivity contribution >= 4 is 6.16 Å². The van der Waals surface area contributed by atoms with Gasteiger partial charge in [-0.15, -0.1) is 0 Å². The van der Waals surface area contributed by atoms with E-state index in [0.29, 0.717) is 0 Å². The Morgan fingerprint density at radius 1 is 1.25 bits per heavy atom. The molecule has 16 heavy (non-hydrogen) atoms. The van der Waals surface area contributed by atoms with Crippen LogP contribution >= 0.6 is 0 Å². The number of ether oxygens (including phenoxy) is 2. The van der Waals surface area contributed by atoms with E-state index in [1.54, 1.807) is 18.2 Å². The highest BCUT2D eigenvalue weighted by molar-refractivity contribution is 5.63. The van der Waals surface area contributed by atoms with Crippen LogP contribution in [0.3, 0.4) is 0 Å². The van der Waals surface area contributed by atoms with Crippen LogP contribution in [0.25, 0.3) is 0 Å². The molecule has 0 amide bonds. The van der Waals surface area contributed by atoms with Gasteiger partial charge in [0.2, 0.25) is 0 Å². The molecule has 0 radical (unpaired) electrons. The lowest BCUT2D eigenvalue weighted by molar-refractivity contribution is -0.200. The first-order chi connectivity index (χ1) is 7.39. The molecular formula is C10H9F3O3. The number of hydrogen-bond acceptors (Lipinski definition) is 3. The zero-order valence-corrected chi connectivity index (χ0v) is 8.32. The average Bonchev–Trinajstić information content (AvgIpc) is 2.17. The van der Waals surface area contributed by atoms with E-state index in [4.69, 9.17) is 0 Å². The molecule has 0 N–H and O–H groups in total. The summed E-state index contributed by atoms with van der Waals surface area (Å²) in [4.78, 5) is 10.9. The lowest BCUT2D eigenvalue weighted by Gasteiger charge is -2.15. The van der Waals surface area contributed by atoms with E-state index in [-0.39, 0.29) is 5.75 Å². The van der Waals surface area contributed by atoms with Crippen molar-refractivity contribution in [1.29, 1.82) is 0 Å². The molecule has 0 spiro atoms. The molecule has 1 atom stereocenters. The summed E-state index contributed by atoms with van der Waals surface area (Å²) in [5.41, 5.74) is 0. The summed E-state index contributed by atoms with van der Waals surface area (Å²) < 4.78 is 44.6. The van der Waals surface area contributed by atoms with Gasteiger partial charge in [0, 0.05) is 0 Å². The maximum atomic E-state index is 12.0. The van der Waals surface area contributed by atoms with Crippen molar-refractivity contribution in [1.82, 2.24) is 0 Å². The SMILES string of the molecule is C[C@H](OC(=O)Oc1ccccc1)C(F)(F)F. The van der Waals surface area contributed by atoms with Gasteiger partial charge < -0.3 is 9.47 Å². The van der Waals surface area contributed by atoms with Crippen molar-refractivity contribution in [2.45, 2.75) is 19.2 Å². The highest BCUT2D eigenvalue weighted by Crippen LogP contribution is 2.23. The predicted octanol–water partition coefficient (Wildman–Crippen LogP) is 3.15. The van der Waals surface area contributed by atoms with Gasteiger partial charge in [-0.3, -0.25) is 0 Å². The molecule has 0 heterocycles. The molecule has 0 aromatic heterocycles. The molecule has 88 valence electrons. The summed E-state index contributed by atoms with van der Waals surface area (Å²) >= 11 is 0. The van der Waals surface area contributed by atoms with Gasteiger partial charge in [-0.2, -0.15) is 13.2 Å². The number of rotatable bonds is 2. The third-order valence-corrected chi connectivity index (χ3v) is 1.68. The number of halogens is 3. The van der Waals surface area contributed by atoms with Crippen LogP contribution in [0.5, 0.6) is 5.75 Å². The zero-order valence-electron chi connectivity index (χ0n) is 8.32. The number of hydrogen-bond donors (Lipinski definition) is 0. The highest BCUT2D eigenvalue weighted by Gasteiger charge is 2.39. The second-order valence-electron chi connectivity index (χ2n) is 2.97. The third kappa shape index (κ3) is 3.80. The van der Waals surface area contributed by atoms with Gasteiger partial charge in [0.25, 0.3) is 0 Å². The van der Waals surface area contributed by atoms with Crippen LogP contribution in [0.15, 0.2) is 30.3 Å². The van der Waals surface area contributed by atoms with E-state index in [9.17, 15) is 18.0 Å². The minimum atomic E-state index is -4.59. The van der Waals surface area contributed by atoms with Gasteiger partial charge in [-0.25, -0.2) is 4.79 Å². The summed E-state index contributed by atoms with van der Waals surface area (Å²) in [6.45, 7) is 0.728. The molecule has 0 saturated heterocycles. The van der Waals surface area contributed by atoms with Crippen LogP contribution in [0, 0.1) is 0 Å². The Labute approximate surface area is 89.8 Å².